The van der Waals surface area contributed by atoms with E-state index >= 15 is 0 Å². The molecule has 1 heterocycles. The van der Waals surface area contributed by atoms with E-state index in [4.69, 9.17) is 5.11 Å². The summed E-state index contributed by atoms with van der Waals surface area (Å²) in [5.74, 6) is -1.07. The van der Waals surface area contributed by atoms with Gasteiger partial charge in [0, 0.05) is 6.54 Å². The molecule has 1 aliphatic rings. The van der Waals surface area contributed by atoms with Crippen molar-refractivity contribution in [3.8, 4) is 0 Å². The molecule has 0 radical (unpaired) electrons. The quantitative estimate of drug-likeness (QED) is 0.765. The Hall–Kier alpha value is -1.56. The fourth-order valence-corrected chi connectivity index (χ4v) is 3.18. The monoisotopic (exact) mass is 241 g/mol. The maximum atomic E-state index is 11.8. The highest BCUT2D eigenvalue weighted by Gasteiger charge is 2.22. The fraction of sp³-hybridized carbons (Fsp3) is 0.300. The van der Waals surface area contributed by atoms with E-state index in [-0.39, 0.29) is 16.2 Å². The van der Waals surface area contributed by atoms with Crippen LogP contribution >= 0.6 is 0 Å². The number of fused-ring (bicyclic) bond motifs is 1. The lowest BCUT2D eigenvalue weighted by atomic mass is 10.2. The van der Waals surface area contributed by atoms with Crippen LogP contribution in [-0.4, -0.2) is 31.8 Å². The maximum Gasteiger partial charge on any atom is 0.335 e. The van der Waals surface area contributed by atoms with E-state index in [2.05, 4.69) is 5.32 Å². The molecule has 0 amide bonds. The number of carbonyl (C=O) groups is 1. The number of anilines is 1. The minimum absolute atomic E-state index is 0.00831. The largest absolute Gasteiger partial charge is 0.478 e. The zero-order valence-electron chi connectivity index (χ0n) is 8.43. The lowest BCUT2D eigenvalue weighted by Crippen LogP contribution is -2.07. The highest BCUT2D eigenvalue weighted by Crippen LogP contribution is 2.26. The van der Waals surface area contributed by atoms with E-state index in [9.17, 15) is 13.2 Å². The molecule has 5 nitrogen and oxygen atoms in total. The number of nitrogens with one attached hydrogen (secondary N) is 1. The number of hydrogen-bond donors (Lipinski definition) is 2. The van der Waals surface area contributed by atoms with Gasteiger partial charge in [-0.1, -0.05) is 0 Å². The molecule has 6 heteroatoms. The molecule has 0 aliphatic carbocycles. The van der Waals surface area contributed by atoms with Crippen molar-refractivity contribution in [2.75, 3.05) is 17.6 Å². The van der Waals surface area contributed by atoms with Gasteiger partial charge in [0.25, 0.3) is 0 Å². The molecule has 0 saturated carbocycles. The predicted molar refractivity (Wildman–Crippen MR) is 58.6 cm³/mol. The number of benzene rings is 1. The molecule has 2 rings (SSSR count). The highest BCUT2D eigenvalue weighted by atomic mass is 32.2. The van der Waals surface area contributed by atoms with Gasteiger partial charge in [0.05, 0.1) is 21.9 Å². The summed E-state index contributed by atoms with van der Waals surface area (Å²) in [5.41, 5.74) is 0.480. The molecular formula is C10H11NO4S. The van der Waals surface area contributed by atoms with Crippen LogP contribution in [0.25, 0.3) is 0 Å². The van der Waals surface area contributed by atoms with Gasteiger partial charge in [-0.2, -0.15) is 0 Å². The standard InChI is InChI=1S/C10H11NO4S/c12-10(13)7-2-3-8-9(6-7)16(14,15)5-1-4-11-8/h2-3,6,11H,1,4-5H2,(H,12,13). The zero-order valence-corrected chi connectivity index (χ0v) is 9.25. The van der Waals surface area contributed by atoms with E-state index in [0.717, 1.165) is 0 Å². The minimum atomic E-state index is -3.36. The third kappa shape index (κ3) is 1.88. The average Bonchev–Trinajstić information content (AvgIpc) is 2.37. The molecule has 16 heavy (non-hydrogen) atoms. The Kier molecular flexibility index (Phi) is 2.59. The van der Waals surface area contributed by atoms with E-state index in [1.54, 1.807) is 0 Å². The normalized spacial score (nSPS) is 18.0. The third-order valence-electron chi connectivity index (χ3n) is 2.47. The van der Waals surface area contributed by atoms with E-state index in [0.29, 0.717) is 18.7 Å². The van der Waals surface area contributed by atoms with Crippen LogP contribution in [0.1, 0.15) is 16.8 Å². The second kappa shape index (κ2) is 3.79. The van der Waals surface area contributed by atoms with Gasteiger partial charge >= 0.3 is 5.97 Å². The fourth-order valence-electron chi connectivity index (χ4n) is 1.65. The molecular weight excluding hydrogens is 230 g/mol. The average molecular weight is 241 g/mol. The summed E-state index contributed by atoms with van der Waals surface area (Å²) < 4.78 is 23.7. The van der Waals surface area contributed by atoms with Crippen LogP contribution in [0.2, 0.25) is 0 Å². The van der Waals surface area contributed by atoms with Crippen LogP contribution in [-0.2, 0) is 9.84 Å². The van der Waals surface area contributed by atoms with Gasteiger partial charge in [-0.05, 0) is 24.6 Å². The van der Waals surface area contributed by atoms with Crippen LogP contribution in [0.4, 0.5) is 5.69 Å². The first-order valence-electron chi connectivity index (χ1n) is 4.85. The summed E-state index contributed by atoms with van der Waals surface area (Å²) in [5, 5.41) is 11.8. The molecule has 1 aromatic carbocycles. The van der Waals surface area contributed by atoms with E-state index in [1.807, 2.05) is 0 Å². The highest BCUT2D eigenvalue weighted by molar-refractivity contribution is 7.91. The summed E-state index contributed by atoms with van der Waals surface area (Å²) in [6.45, 7) is 0.582. The van der Waals surface area contributed by atoms with Crippen molar-refractivity contribution in [1.82, 2.24) is 0 Å². The summed E-state index contributed by atoms with van der Waals surface area (Å²) in [4.78, 5) is 10.9. The Morgan fingerprint density at radius 1 is 1.38 bits per heavy atom. The van der Waals surface area contributed by atoms with Crippen LogP contribution < -0.4 is 5.32 Å². The summed E-state index contributed by atoms with van der Waals surface area (Å²) in [6, 6.07) is 4.11. The minimum Gasteiger partial charge on any atom is -0.478 e. The second-order valence-corrected chi connectivity index (χ2v) is 5.69. The van der Waals surface area contributed by atoms with Crippen LogP contribution in [0.5, 0.6) is 0 Å². The first kappa shape index (κ1) is 10.9. The molecule has 0 bridgehead atoms. The number of rotatable bonds is 1. The Labute approximate surface area is 93.0 Å². The van der Waals surface area contributed by atoms with Gasteiger partial charge < -0.3 is 10.4 Å². The van der Waals surface area contributed by atoms with E-state index in [1.165, 1.54) is 18.2 Å². The number of sulfone groups is 1. The molecule has 0 saturated heterocycles. The van der Waals surface area contributed by atoms with Crippen LogP contribution in [0.3, 0.4) is 0 Å². The lowest BCUT2D eigenvalue weighted by molar-refractivity contribution is 0.0696. The molecule has 0 fully saturated rings. The summed E-state index contributed by atoms with van der Waals surface area (Å²) in [7, 11) is -3.36. The van der Waals surface area contributed by atoms with Gasteiger partial charge in [0.15, 0.2) is 9.84 Å². The van der Waals surface area contributed by atoms with Crippen molar-refractivity contribution in [2.45, 2.75) is 11.3 Å². The molecule has 0 atom stereocenters. The first-order chi connectivity index (χ1) is 7.50. The SMILES string of the molecule is O=C(O)c1ccc2c(c1)S(=O)(=O)CCCN2. The van der Waals surface area contributed by atoms with Crippen molar-refractivity contribution < 1.29 is 18.3 Å². The topological polar surface area (TPSA) is 83.5 Å². The van der Waals surface area contributed by atoms with Gasteiger partial charge in [0.2, 0.25) is 0 Å². The van der Waals surface area contributed by atoms with E-state index < -0.39 is 15.8 Å². The van der Waals surface area contributed by atoms with Crippen molar-refractivity contribution >= 4 is 21.5 Å². The van der Waals surface area contributed by atoms with Crippen molar-refractivity contribution in [3.63, 3.8) is 0 Å². The Morgan fingerprint density at radius 3 is 2.81 bits per heavy atom. The Bertz CT molecular complexity index is 536. The summed E-state index contributed by atoms with van der Waals surface area (Å²) in [6.07, 6.45) is 0.527. The van der Waals surface area contributed by atoms with Gasteiger partial charge in [0.1, 0.15) is 0 Å². The van der Waals surface area contributed by atoms with Gasteiger partial charge in [-0.15, -0.1) is 0 Å². The zero-order chi connectivity index (χ0) is 11.8. The lowest BCUT2D eigenvalue weighted by Gasteiger charge is -2.07. The van der Waals surface area contributed by atoms with Crippen LogP contribution in [0, 0.1) is 0 Å². The molecule has 0 aromatic heterocycles. The van der Waals surface area contributed by atoms with Gasteiger partial charge in [-0.25, -0.2) is 13.2 Å². The van der Waals surface area contributed by atoms with Crippen molar-refractivity contribution in [3.05, 3.63) is 23.8 Å². The molecule has 1 aliphatic heterocycles. The molecule has 1 aromatic rings. The number of aromatic carboxylic acids is 1. The number of carboxylic acids is 1. The van der Waals surface area contributed by atoms with Crippen molar-refractivity contribution in [1.29, 1.82) is 0 Å². The van der Waals surface area contributed by atoms with Crippen LogP contribution in [0.15, 0.2) is 23.1 Å². The number of hydrogen-bond acceptors (Lipinski definition) is 4. The maximum absolute atomic E-state index is 11.8. The van der Waals surface area contributed by atoms with Crippen molar-refractivity contribution in [2.24, 2.45) is 0 Å². The first-order valence-corrected chi connectivity index (χ1v) is 6.50. The molecule has 0 unspecified atom stereocenters. The number of carboxylic acid groups (broad SMARTS) is 1. The Morgan fingerprint density at radius 2 is 2.12 bits per heavy atom. The summed E-state index contributed by atoms with van der Waals surface area (Å²) >= 11 is 0. The second-order valence-electron chi connectivity index (χ2n) is 3.62. The third-order valence-corrected chi connectivity index (χ3v) is 4.30. The molecule has 2 N–H and O–H groups in total. The Balaban J connectivity index is 2.62. The van der Waals surface area contributed by atoms with Gasteiger partial charge in [-0.3, -0.25) is 0 Å². The predicted octanol–water partition coefficient (Wildman–Crippen LogP) is 0.974. The molecule has 86 valence electrons. The smallest absolute Gasteiger partial charge is 0.335 e. The molecule has 0 spiro atoms.